The van der Waals surface area contributed by atoms with Gasteiger partial charge in [-0.05, 0) is 36.8 Å². The monoisotopic (exact) mass is 488 g/mol. The van der Waals surface area contributed by atoms with Crippen molar-refractivity contribution in [2.45, 2.75) is 26.6 Å². The highest BCUT2D eigenvalue weighted by molar-refractivity contribution is 6.32. The zero-order valence-electron chi connectivity index (χ0n) is 16.9. The summed E-state index contributed by atoms with van der Waals surface area (Å²) in [6.07, 6.45) is 4.90. The number of nitrogens with zero attached hydrogens (tertiary/aromatic N) is 3. The van der Waals surface area contributed by atoms with Gasteiger partial charge in [0.05, 0.1) is 24.7 Å². The fourth-order valence-electron chi connectivity index (χ4n) is 2.58. The average molecular weight is 489 g/mol. The zero-order chi connectivity index (χ0) is 23.8. The third kappa shape index (κ3) is 6.78. The number of nitrogens with one attached hydrogen (secondary N) is 1. The van der Waals surface area contributed by atoms with Crippen LogP contribution >= 0.6 is 23.2 Å². The van der Waals surface area contributed by atoms with Gasteiger partial charge in [0.25, 0.3) is 0 Å². The number of anilines is 2. The molecule has 12 heteroatoms. The van der Waals surface area contributed by atoms with E-state index in [1.54, 1.807) is 19.1 Å². The minimum absolute atomic E-state index is 0.00263. The Labute approximate surface area is 191 Å². The maximum Gasteiger partial charge on any atom is 0.387 e. The first-order chi connectivity index (χ1) is 15.2. The summed E-state index contributed by atoms with van der Waals surface area (Å²) in [6, 6.07) is 3.86. The van der Waals surface area contributed by atoms with Crippen LogP contribution in [0.15, 0.2) is 63.2 Å². The minimum Gasteiger partial charge on any atom is -0.433 e. The van der Waals surface area contributed by atoms with Crippen molar-refractivity contribution in [1.82, 2.24) is 14.1 Å². The number of hydrogen-bond donors (Lipinski definition) is 2. The Morgan fingerprint density at radius 1 is 1.34 bits per heavy atom. The van der Waals surface area contributed by atoms with Crippen molar-refractivity contribution in [1.29, 1.82) is 0 Å². The Morgan fingerprint density at radius 2 is 2.06 bits per heavy atom. The van der Waals surface area contributed by atoms with Gasteiger partial charge in [-0.3, -0.25) is 4.57 Å². The third-order valence-electron chi connectivity index (χ3n) is 4.07. The Morgan fingerprint density at radius 3 is 2.62 bits per heavy atom. The van der Waals surface area contributed by atoms with Crippen LogP contribution in [0.3, 0.4) is 0 Å². The van der Waals surface area contributed by atoms with E-state index in [4.69, 9.17) is 23.2 Å². The molecule has 8 nitrogen and oxygen atoms in total. The molecule has 0 spiro atoms. The third-order valence-corrected chi connectivity index (χ3v) is 4.49. The number of aliphatic hydroxyl groups is 1. The number of rotatable bonds is 10. The van der Waals surface area contributed by atoms with Crippen LogP contribution in [-0.2, 0) is 13.1 Å². The lowest BCUT2D eigenvalue weighted by atomic mass is 10.2. The standard InChI is InChI=1S/C20H20Cl2F2N4O4/c1-3-13(5-4-12(2)21)11-28-18(26-19(30)27(8-9-29)20(28)31)25-14-6-7-16(15(22)10-14)32-17(23)24/h3-7,10,17,29H,2,8-9,11H2,1H3,(H,25,26,30). The molecule has 1 aromatic heterocycles. The van der Waals surface area contributed by atoms with Crippen molar-refractivity contribution in [2.75, 3.05) is 11.9 Å². The van der Waals surface area contributed by atoms with E-state index in [0.717, 1.165) is 4.57 Å². The summed E-state index contributed by atoms with van der Waals surface area (Å²) in [4.78, 5) is 29.1. The maximum absolute atomic E-state index is 12.9. The van der Waals surface area contributed by atoms with Crippen molar-refractivity contribution in [3.63, 3.8) is 0 Å². The number of halogens is 4. The van der Waals surface area contributed by atoms with Gasteiger partial charge >= 0.3 is 18.0 Å². The van der Waals surface area contributed by atoms with Gasteiger partial charge in [0.2, 0.25) is 5.95 Å². The first kappa shape index (κ1) is 25.3. The molecule has 1 aromatic carbocycles. The van der Waals surface area contributed by atoms with E-state index in [1.807, 2.05) is 0 Å². The number of aromatic nitrogens is 3. The molecule has 1 heterocycles. The zero-order valence-corrected chi connectivity index (χ0v) is 18.4. The van der Waals surface area contributed by atoms with Gasteiger partial charge < -0.3 is 15.2 Å². The quantitative estimate of drug-likeness (QED) is 0.495. The van der Waals surface area contributed by atoms with Crippen LogP contribution < -0.4 is 21.4 Å². The van der Waals surface area contributed by atoms with Gasteiger partial charge in [-0.2, -0.15) is 13.8 Å². The van der Waals surface area contributed by atoms with E-state index in [-0.39, 0.29) is 40.5 Å². The van der Waals surface area contributed by atoms with Gasteiger partial charge in [0.15, 0.2) is 0 Å². The fourth-order valence-corrected chi connectivity index (χ4v) is 2.87. The van der Waals surface area contributed by atoms with Gasteiger partial charge in [-0.25, -0.2) is 14.2 Å². The lowest BCUT2D eigenvalue weighted by molar-refractivity contribution is -0.0497. The molecule has 172 valence electrons. The van der Waals surface area contributed by atoms with Crippen LogP contribution in [0.2, 0.25) is 5.02 Å². The molecule has 2 aromatic rings. The molecule has 0 saturated carbocycles. The Balaban J connectivity index is 2.52. The predicted molar refractivity (Wildman–Crippen MR) is 119 cm³/mol. The van der Waals surface area contributed by atoms with E-state index in [1.165, 1.54) is 28.8 Å². The van der Waals surface area contributed by atoms with Crippen LogP contribution in [0.5, 0.6) is 5.75 Å². The molecule has 0 aliphatic rings. The smallest absolute Gasteiger partial charge is 0.387 e. The van der Waals surface area contributed by atoms with Crippen LogP contribution in [0.25, 0.3) is 0 Å². The van der Waals surface area contributed by atoms with Crippen LogP contribution in [-0.4, -0.2) is 32.4 Å². The summed E-state index contributed by atoms with van der Waals surface area (Å²) in [7, 11) is 0. The second-order valence-corrected chi connectivity index (χ2v) is 7.15. The fraction of sp³-hybridized carbons (Fsp3) is 0.250. The average Bonchev–Trinajstić information content (AvgIpc) is 2.72. The summed E-state index contributed by atoms with van der Waals surface area (Å²) in [5.74, 6) is -0.358. The predicted octanol–water partition coefficient (Wildman–Crippen LogP) is 3.65. The molecule has 0 saturated heterocycles. The van der Waals surface area contributed by atoms with Gasteiger partial charge in [-0.15, -0.1) is 0 Å². The molecular weight excluding hydrogens is 469 g/mol. The van der Waals surface area contributed by atoms with Gasteiger partial charge in [0.1, 0.15) is 5.75 Å². The largest absolute Gasteiger partial charge is 0.433 e. The number of benzene rings is 1. The Kier molecular flexibility index (Phi) is 9.18. The second kappa shape index (κ2) is 11.6. The highest BCUT2D eigenvalue weighted by Crippen LogP contribution is 2.29. The molecule has 2 rings (SSSR count). The van der Waals surface area contributed by atoms with Crippen molar-refractivity contribution in [3.8, 4) is 5.75 Å². The number of allylic oxidation sites excluding steroid dienone is 5. The number of hydrogen-bond acceptors (Lipinski definition) is 6. The molecule has 0 unspecified atom stereocenters. The molecule has 0 fully saturated rings. The van der Waals surface area contributed by atoms with Crippen molar-refractivity contribution in [2.24, 2.45) is 0 Å². The van der Waals surface area contributed by atoms with Crippen LogP contribution in [0, 0.1) is 0 Å². The summed E-state index contributed by atoms with van der Waals surface area (Å²) in [5, 5.41) is 12.1. The number of alkyl halides is 2. The Hall–Kier alpha value is -2.95. The van der Waals surface area contributed by atoms with E-state index in [2.05, 4.69) is 21.6 Å². The molecule has 0 aliphatic heterocycles. The molecule has 2 N–H and O–H groups in total. The molecule has 32 heavy (non-hydrogen) atoms. The lowest BCUT2D eigenvalue weighted by Gasteiger charge is -2.16. The SMILES string of the molecule is C=C(Cl)C=CC(=CC)Cn1c(Nc2ccc(OC(F)F)c(Cl)c2)nc(=O)n(CCO)c1=O. The van der Waals surface area contributed by atoms with E-state index in [0.29, 0.717) is 5.57 Å². The normalized spacial score (nSPS) is 11.9. The molecule has 0 bridgehead atoms. The molecule has 0 aliphatic carbocycles. The first-order valence-electron chi connectivity index (χ1n) is 9.17. The van der Waals surface area contributed by atoms with E-state index < -0.39 is 24.6 Å². The summed E-state index contributed by atoms with van der Waals surface area (Å²) >= 11 is 11.7. The van der Waals surface area contributed by atoms with Crippen molar-refractivity contribution >= 4 is 34.8 Å². The van der Waals surface area contributed by atoms with Crippen LogP contribution in [0.4, 0.5) is 20.4 Å². The first-order valence-corrected chi connectivity index (χ1v) is 9.93. The lowest BCUT2D eigenvalue weighted by Crippen LogP contribution is -2.43. The molecule has 0 amide bonds. The van der Waals surface area contributed by atoms with Gasteiger partial charge in [0, 0.05) is 10.7 Å². The highest BCUT2D eigenvalue weighted by atomic mass is 35.5. The van der Waals surface area contributed by atoms with Gasteiger partial charge in [-0.1, -0.05) is 41.9 Å². The second-order valence-electron chi connectivity index (χ2n) is 6.25. The highest BCUT2D eigenvalue weighted by Gasteiger charge is 2.15. The van der Waals surface area contributed by atoms with E-state index >= 15 is 0 Å². The topological polar surface area (TPSA) is 98.4 Å². The van der Waals surface area contributed by atoms with Crippen LogP contribution in [0.1, 0.15) is 6.92 Å². The maximum atomic E-state index is 12.9. The van der Waals surface area contributed by atoms with E-state index in [9.17, 15) is 23.5 Å². The van der Waals surface area contributed by atoms with Crippen molar-refractivity contribution < 1.29 is 18.6 Å². The molecular formula is C20H20Cl2F2N4O4. The number of aliphatic hydroxyl groups excluding tert-OH is 1. The molecule has 0 atom stereocenters. The minimum atomic E-state index is -3.05. The number of ether oxygens (including phenoxy) is 1. The van der Waals surface area contributed by atoms with Crippen molar-refractivity contribution in [3.05, 3.63) is 79.6 Å². The Bertz CT molecular complexity index is 1160. The molecule has 0 radical (unpaired) electrons. The summed E-state index contributed by atoms with van der Waals surface area (Å²) in [5.41, 5.74) is -0.684. The summed E-state index contributed by atoms with van der Waals surface area (Å²) in [6.45, 7) is 1.57. The summed E-state index contributed by atoms with van der Waals surface area (Å²) < 4.78 is 31.1.